The van der Waals surface area contributed by atoms with Crippen LogP contribution in [0.5, 0.6) is 0 Å². The summed E-state index contributed by atoms with van der Waals surface area (Å²) < 4.78 is 0. The molecule has 0 fully saturated rings. The monoisotopic (exact) mass is 339 g/mol. The predicted octanol–water partition coefficient (Wildman–Crippen LogP) is 4.08. The number of anilines is 1. The van der Waals surface area contributed by atoms with Crippen molar-refractivity contribution in [2.24, 2.45) is 5.92 Å². The Labute approximate surface area is 136 Å². The lowest BCUT2D eigenvalue weighted by atomic mass is 9.88. The zero-order chi connectivity index (χ0) is 16.3. The van der Waals surface area contributed by atoms with Gasteiger partial charge in [0, 0.05) is 5.02 Å². The van der Waals surface area contributed by atoms with E-state index in [9.17, 15) is 14.9 Å². The van der Waals surface area contributed by atoms with Crippen LogP contribution in [-0.4, -0.2) is 15.8 Å². The second kappa shape index (κ2) is 6.85. The number of hydrogen-bond donors (Lipinski definition) is 1. The molecule has 116 valence electrons. The fraction of sp³-hybridized carbons (Fsp3) is 0.286. The van der Waals surface area contributed by atoms with Crippen LogP contribution in [0, 0.1) is 16.0 Å². The third-order valence-corrected chi connectivity index (χ3v) is 4.20. The second-order valence-electron chi connectivity index (χ2n) is 5.02. The Bertz CT molecular complexity index is 685. The van der Waals surface area contributed by atoms with Gasteiger partial charge in [-0.1, -0.05) is 37.6 Å². The molecule has 1 atom stereocenters. The third kappa shape index (κ3) is 3.80. The Morgan fingerprint density at radius 3 is 2.50 bits per heavy atom. The van der Waals surface area contributed by atoms with Gasteiger partial charge in [-0.05, 0) is 35.0 Å². The lowest BCUT2D eigenvalue weighted by Gasteiger charge is -2.20. The first-order chi connectivity index (χ1) is 10.4. The largest absolute Gasteiger partial charge is 0.345 e. The number of aromatic nitrogens is 1. The highest BCUT2D eigenvalue weighted by molar-refractivity contribution is 7.18. The number of nitro groups is 1. The minimum absolute atomic E-state index is 0.0520. The molecule has 1 amide bonds. The number of nitrogens with zero attached hydrogens (tertiary/aromatic N) is 2. The van der Waals surface area contributed by atoms with Crippen molar-refractivity contribution in [3.05, 3.63) is 51.2 Å². The summed E-state index contributed by atoms with van der Waals surface area (Å²) in [7, 11) is 0. The number of hydrogen-bond acceptors (Lipinski definition) is 5. The summed E-state index contributed by atoms with van der Waals surface area (Å²) in [5, 5.41) is 14.0. The zero-order valence-electron chi connectivity index (χ0n) is 11.9. The number of nitrogens with one attached hydrogen (secondary N) is 1. The Morgan fingerprint density at radius 1 is 1.36 bits per heavy atom. The molecule has 0 saturated carbocycles. The summed E-state index contributed by atoms with van der Waals surface area (Å²) in [6, 6.07) is 7.06. The summed E-state index contributed by atoms with van der Waals surface area (Å²) in [6.45, 7) is 3.87. The summed E-state index contributed by atoms with van der Waals surface area (Å²) in [5.41, 5.74) is 0.836. The molecule has 0 aliphatic carbocycles. The first-order valence-corrected chi connectivity index (χ1v) is 7.74. The molecule has 2 rings (SSSR count). The molecule has 1 aromatic heterocycles. The van der Waals surface area contributed by atoms with Gasteiger partial charge in [0.05, 0.1) is 10.8 Å². The van der Waals surface area contributed by atoms with E-state index in [4.69, 9.17) is 11.6 Å². The van der Waals surface area contributed by atoms with Gasteiger partial charge in [-0.15, -0.1) is 0 Å². The highest BCUT2D eigenvalue weighted by Crippen LogP contribution is 2.30. The van der Waals surface area contributed by atoms with Crippen molar-refractivity contribution in [2.45, 2.75) is 19.8 Å². The van der Waals surface area contributed by atoms with E-state index in [0.29, 0.717) is 5.02 Å². The van der Waals surface area contributed by atoms with E-state index in [0.717, 1.165) is 23.1 Å². The standard InChI is InChI=1S/C14H14ClN3O3S/c1-8(2)12(9-3-5-10(15)6-4-9)13(19)17-14-16-7-11(22-14)18(20)21/h3-8,12H,1-2H3,(H,16,17,19). The van der Waals surface area contributed by atoms with Gasteiger partial charge in [-0.25, -0.2) is 4.98 Å². The smallest absolute Gasteiger partial charge is 0.301 e. The molecule has 8 heteroatoms. The number of halogens is 1. The van der Waals surface area contributed by atoms with Crippen LogP contribution in [0.25, 0.3) is 0 Å². The van der Waals surface area contributed by atoms with Gasteiger partial charge in [-0.3, -0.25) is 14.9 Å². The van der Waals surface area contributed by atoms with Crippen molar-refractivity contribution in [3.63, 3.8) is 0 Å². The number of thiazole rings is 1. The lowest BCUT2D eigenvalue weighted by Crippen LogP contribution is -2.25. The third-order valence-electron chi connectivity index (χ3n) is 3.08. The minimum Gasteiger partial charge on any atom is -0.301 e. The van der Waals surface area contributed by atoms with Crippen LogP contribution >= 0.6 is 22.9 Å². The van der Waals surface area contributed by atoms with Crippen molar-refractivity contribution in [3.8, 4) is 0 Å². The van der Waals surface area contributed by atoms with Crippen molar-refractivity contribution in [1.29, 1.82) is 0 Å². The van der Waals surface area contributed by atoms with Crippen molar-refractivity contribution >= 4 is 39.0 Å². The van der Waals surface area contributed by atoms with Gasteiger partial charge >= 0.3 is 5.00 Å². The summed E-state index contributed by atoms with van der Waals surface area (Å²) in [6.07, 6.45) is 1.13. The predicted molar refractivity (Wildman–Crippen MR) is 86.4 cm³/mol. The minimum atomic E-state index is -0.535. The molecule has 0 spiro atoms. The highest BCUT2D eigenvalue weighted by Gasteiger charge is 2.25. The second-order valence-corrected chi connectivity index (χ2v) is 6.47. The van der Waals surface area contributed by atoms with Gasteiger partial charge in [0.25, 0.3) is 0 Å². The molecule has 0 bridgehead atoms. The van der Waals surface area contributed by atoms with Gasteiger partial charge in [0.2, 0.25) is 5.91 Å². The Balaban J connectivity index is 2.19. The van der Waals surface area contributed by atoms with Crippen LogP contribution in [0.3, 0.4) is 0 Å². The molecular formula is C14H14ClN3O3S. The topological polar surface area (TPSA) is 85.1 Å². The maximum Gasteiger partial charge on any atom is 0.345 e. The molecule has 2 aromatic rings. The maximum atomic E-state index is 12.5. The molecule has 1 N–H and O–H groups in total. The highest BCUT2D eigenvalue weighted by atomic mass is 35.5. The Hall–Kier alpha value is -1.99. The van der Waals surface area contributed by atoms with Crippen LogP contribution in [0.15, 0.2) is 30.5 Å². The Morgan fingerprint density at radius 2 is 2.00 bits per heavy atom. The van der Waals surface area contributed by atoms with Crippen molar-refractivity contribution in [2.75, 3.05) is 5.32 Å². The van der Waals surface area contributed by atoms with E-state index < -0.39 is 4.92 Å². The number of rotatable bonds is 5. The molecule has 1 heterocycles. The number of carbonyl (C=O) groups excluding carboxylic acids is 1. The van der Waals surface area contributed by atoms with Crippen LogP contribution < -0.4 is 5.32 Å². The summed E-state index contributed by atoms with van der Waals surface area (Å²) in [5.74, 6) is -0.585. The fourth-order valence-corrected chi connectivity index (χ4v) is 2.86. The van der Waals surface area contributed by atoms with Crippen LogP contribution in [0.2, 0.25) is 5.02 Å². The van der Waals surface area contributed by atoms with E-state index in [1.165, 1.54) is 0 Å². The van der Waals surface area contributed by atoms with Crippen LogP contribution in [0.4, 0.5) is 10.1 Å². The van der Waals surface area contributed by atoms with Crippen LogP contribution in [-0.2, 0) is 4.79 Å². The van der Waals surface area contributed by atoms with Gasteiger partial charge in [0.1, 0.15) is 6.20 Å². The number of carbonyl (C=O) groups is 1. The molecule has 6 nitrogen and oxygen atoms in total. The van der Waals surface area contributed by atoms with E-state index in [1.807, 2.05) is 13.8 Å². The number of benzene rings is 1. The Kier molecular flexibility index (Phi) is 5.10. The molecule has 1 aromatic carbocycles. The van der Waals surface area contributed by atoms with E-state index in [-0.39, 0.29) is 27.9 Å². The summed E-state index contributed by atoms with van der Waals surface area (Å²) >= 11 is 6.70. The average molecular weight is 340 g/mol. The molecular weight excluding hydrogens is 326 g/mol. The SMILES string of the molecule is CC(C)C(C(=O)Nc1ncc([N+](=O)[O-])s1)c1ccc(Cl)cc1. The normalized spacial score (nSPS) is 12.2. The van der Waals surface area contributed by atoms with Gasteiger partial charge in [0.15, 0.2) is 5.13 Å². The van der Waals surface area contributed by atoms with Crippen LogP contribution in [0.1, 0.15) is 25.3 Å². The fourth-order valence-electron chi connectivity index (χ4n) is 2.10. The molecule has 0 saturated heterocycles. The lowest BCUT2D eigenvalue weighted by molar-refractivity contribution is -0.380. The van der Waals surface area contributed by atoms with Gasteiger partial charge < -0.3 is 5.32 Å². The molecule has 0 aliphatic rings. The van der Waals surface area contributed by atoms with E-state index in [2.05, 4.69) is 10.3 Å². The number of amides is 1. The first-order valence-electron chi connectivity index (χ1n) is 6.55. The average Bonchev–Trinajstić information content (AvgIpc) is 2.89. The first kappa shape index (κ1) is 16.4. The quantitative estimate of drug-likeness (QED) is 0.656. The van der Waals surface area contributed by atoms with Gasteiger partial charge in [-0.2, -0.15) is 0 Å². The zero-order valence-corrected chi connectivity index (χ0v) is 13.5. The van der Waals surface area contributed by atoms with E-state index >= 15 is 0 Å². The molecule has 22 heavy (non-hydrogen) atoms. The van der Waals surface area contributed by atoms with Crippen molar-refractivity contribution in [1.82, 2.24) is 4.98 Å². The molecule has 0 aliphatic heterocycles. The van der Waals surface area contributed by atoms with E-state index in [1.54, 1.807) is 24.3 Å². The molecule has 1 unspecified atom stereocenters. The maximum absolute atomic E-state index is 12.5. The van der Waals surface area contributed by atoms with Crippen molar-refractivity contribution < 1.29 is 9.72 Å². The molecule has 0 radical (unpaired) electrons. The summed E-state index contributed by atoms with van der Waals surface area (Å²) in [4.78, 5) is 26.4.